The predicted molar refractivity (Wildman–Crippen MR) is 125 cm³/mol. The van der Waals surface area contributed by atoms with Gasteiger partial charge in [0.05, 0.1) is 18.4 Å². The zero-order chi connectivity index (χ0) is 25.4. The number of alkyl halides is 3. The highest BCUT2D eigenvalue weighted by atomic mass is 19.4. The maximum absolute atomic E-state index is 12.5. The summed E-state index contributed by atoms with van der Waals surface area (Å²) in [7, 11) is 1.92. The molecule has 1 amide bonds. The minimum absolute atomic E-state index is 0.0121. The quantitative estimate of drug-likeness (QED) is 0.506. The van der Waals surface area contributed by atoms with E-state index in [-0.39, 0.29) is 17.8 Å². The number of hydrogen-bond acceptors (Lipinski definition) is 7. The summed E-state index contributed by atoms with van der Waals surface area (Å²) in [6.45, 7) is 0.927. The lowest BCUT2D eigenvalue weighted by atomic mass is 10.1. The number of ether oxygens (including phenoxy) is 1. The van der Waals surface area contributed by atoms with Crippen molar-refractivity contribution in [1.29, 1.82) is 0 Å². The molecule has 0 radical (unpaired) electrons. The summed E-state index contributed by atoms with van der Waals surface area (Å²) in [5.74, 6) is 1.78. The van der Waals surface area contributed by atoms with Crippen molar-refractivity contribution in [2.45, 2.75) is 51.4 Å². The third-order valence-electron chi connectivity index (χ3n) is 6.30. The number of pyridine rings is 1. The second kappa shape index (κ2) is 9.40. The third kappa shape index (κ3) is 5.42. The largest absolute Gasteiger partial charge is 0.468 e. The normalized spacial score (nSPS) is 17.6. The van der Waals surface area contributed by atoms with Crippen LogP contribution in [-0.2, 0) is 24.2 Å². The average molecular weight is 502 g/mol. The monoisotopic (exact) mass is 501 g/mol. The Morgan fingerprint density at radius 2 is 1.94 bits per heavy atom. The number of likely N-dealkylation sites (N-methyl/N-ethyl adjacent to an activating group) is 1. The highest BCUT2D eigenvalue weighted by Crippen LogP contribution is 2.41. The molecule has 0 aromatic carbocycles. The lowest BCUT2D eigenvalue weighted by Crippen LogP contribution is -2.48. The Morgan fingerprint density at radius 3 is 2.64 bits per heavy atom. The minimum atomic E-state index is -4.40. The number of amides is 1. The lowest BCUT2D eigenvalue weighted by molar-refractivity contribution is -0.154. The SMILES string of the molecule is Cc1nc(CCc2cnn(Cc3ccc(OCC(F)(F)F)nc3)c2)nc2c1NC(=O)[C@H](C1CC1)N2C. The number of hydrogen-bond donors (Lipinski definition) is 1. The van der Waals surface area contributed by atoms with Gasteiger partial charge in [0.2, 0.25) is 11.8 Å². The average Bonchev–Trinajstić information content (AvgIpc) is 3.56. The van der Waals surface area contributed by atoms with Crippen LogP contribution in [0.1, 0.15) is 35.5 Å². The van der Waals surface area contributed by atoms with Crippen molar-refractivity contribution < 1.29 is 22.7 Å². The summed E-state index contributed by atoms with van der Waals surface area (Å²) >= 11 is 0. The third-order valence-corrected chi connectivity index (χ3v) is 6.30. The van der Waals surface area contributed by atoms with Crippen LogP contribution in [0.25, 0.3) is 0 Å². The molecule has 1 saturated carbocycles. The Bertz CT molecular complexity index is 1260. The van der Waals surface area contributed by atoms with Gasteiger partial charge in [0.25, 0.3) is 0 Å². The van der Waals surface area contributed by atoms with E-state index in [1.165, 1.54) is 12.3 Å². The van der Waals surface area contributed by atoms with Crippen LogP contribution in [-0.4, -0.2) is 56.5 Å². The van der Waals surface area contributed by atoms with E-state index in [9.17, 15) is 18.0 Å². The molecule has 0 unspecified atom stereocenters. The molecule has 1 aliphatic carbocycles. The fraction of sp³-hybridized carbons (Fsp3) is 0.458. The summed E-state index contributed by atoms with van der Waals surface area (Å²) < 4.78 is 43.2. The molecule has 4 heterocycles. The molecule has 0 saturated heterocycles. The van der Waals surface area contributed by atoms with Crippen LogP contribution in [0.2, 0.25) is 0 Å². The van der Waals surface area contributed by atoms with Gasteiger partial charge in [-0.05, 0) is 43.2 Å². The van der Waals surface area contributed by atoms with E-state index in [1.807, 2.05) is 25.1 Å². The molecule has 1 atom stereocenters. The van der Waals surface area contributed by atoms with E-state index in [4.69, 9.17) is 4.98 Å². The van der Waals surface area contributed by atoms with Crippen molar-refractivity contribution in [2.75, 3.05) is 23.9 Å². The highest BCUT2D eigenvalue weighted by Gasteiger charge is 2.43. The van der Waals surface area contributed by atoms with Crippen LogP contribution in [0, 0.1) is 12.8 Å². The molecule has 0 spiro atoms. The molecule has 5 rings (SSSR count). The Morgan fingerprint density at radius 1 is 1.14 bits per heavy atom. The van der Waals surface area contributed by atoms with Crippen LogP contribution >= 0.6 is 0 Å². The first-order valence-electron chi connectivity index (χ1n) is 11.7. The molecule has 3 aromatic heterocycles. The van der Waals surface area contributed by atoms with Gasteiger partial charge in [0, 0.05) is 31.9 Å². The summed E-state index contributed by atoms with van der Waals surface area (Å²) in [5, 5.41) is 7.36. The maximum atomic E-state index is 12.5. The Balaban J connectivity index is 1.20. The first kappa shape index (κ1) is 24.0. The topological polar surface area (TPSA) is 98.1 Å². The molecular weight excluding hydrogens is 475 g/mol. The van der Waals surface area contributed by atoms with E-state index in [1.54, 1.807) is 16.9 Å². The summed E-state index contributed by atoms with van der Waals surface area (Å²) in [5.41, 5.74) is 3.22. The van der Waals surface area contributed by atoms with E-state index >= 15 is 0 Å². The number of halogens is 3. The van der Waals surface area contributed by atoms with Crippen LogP contribution < -0.4 is 15.0 Å². The van der Waals surface area contributed by atoms with Crippen LogP contribution in [0.5, 0.6) is 5.88 Å². The smallest absolute Gasteiger partial charge is 0.422 e. The number of nitrogens with zero attached hydrogens (tertiary/aromatic N) is 6. The zero-order valence-corrected chi connectivity index (χ0v) is 19.9. The maximum Gasteiger partial charge on any atom is 0.422 e. The van der Waals surface area contributed by atoms with Crippen molar-refractivity contribution in [3.05, 3.63) is 53.4 Å². The van der Waals surface area contributed by atoms with Gasteiger partial charge in [0.15, 0.2) is 12.4 Å². The first-order chi connectivity index (χ1) is 17.2. The van der Waals surface area contributed by atoms with Gasteiger partial charge < -0.3 is 15.0 Å². The van der Waals surface area contributed by atoms with E-state index in [0.29, 0.717) is 36.8 Å². The fourth-order valence-corrected chi connectivity index (χ4v) is 4.39. The Labute approximate surface area is 205 Å². The van der Waals surface area contributed by atoms with Gasteiger partial charge in [-0.1, -0.05) is 6.07 Å². The van der Waals surface area contributed by atoms with Crippen LogP contribution in [0.3, 0.4) is 0 Å². The molecule has 3 aromatic rings. The van der Waals surface area contributed by atoms with Gasteiger partial charge in [-0.3, -0.25) is 9.48 Å². The zero-order valence-electron chi connectivity index (χ0n) is 19.9. The molecule has 9 nitrogen and oxygen atoms in total. The number of carbonyl (C=O) groups is 1. The number of nitrogens with one attached hydrogen (secondary N) is 1. The van der Waals surface area contributed by atoms with Crippen molar-refractivity contribution in [2.24, 2.45) is 5.92 Å². The van der Waals surface area contributed by atoms with Gasteiger partial charge in [-0.25, -0.2) is 15.0 Å². The summed E-state index contributed by atoms with van der Waals surface area (Å²) in [4.78, 5) is 27.8. The van der Waals surface area contributed by atoms with E-state index in [0.717, 1.165) is 35.5 Å². The van der Waals surface area contributed by atoms with E-state index < -0.39 is 12.8 Å². The molecule has 1 fully saturated rings. The molecular formula is C24H26F3N7O2. The number of aryl methyl sites for hydroxylation is 3. The number of carbonyl (C=O) groups excluding carboxylic acids is 1. The van der Waals surface area contributed by atoms with Gasteiger partial charge in [-0.2, -0.15) is 18.3 Å². The Hall–Kier alpha value is -3.70. The second-order valence-corrected chi connectivity index (χ2v) is 9.26. The number of fused-ring (bicyclic) bond motifs is 1. The van der Waals surface area contributed by atoms with Crippen LogP contribution in [0.15, 0.2) is 30.7 Å². The van der Waals surface area contributed by atoms with Crippen molar-refractivity contribution >= 4 is 17.4 Å². The van der Waals surface area contributed by atoms with Crippen molar-refractivity contribution in [3.63, 3.8) is 0 Å². The van der Waals surface area contributed by atoms with Crippen LogP contribution in [0.4, 0.5) is 24.7 Å². The molecule has 2 aliphatic rings. The number of anilines is 2. The summed E-state index contributed by atoms with van der Waals surface area (Å²) in [6.07, 6.45) is 4.17. The standard InChI is InChI=1S/C24H26F3N7O2/c1-14-20-22(33(2)21(17-5-6-17)23(35)32-20)31-18(30-14)7-3-16-10-29-34(12-16)11-15-4-8-19(28-9-15)36-13-24(25,26)27/h4,8-10,12,17,21H,3,5-7,11,13H2,1-2H3,(H,32,35)/t21-/m0/s1. The Kier molecular flexibility index (Phi) is 6.27. The fourth-order valence-electron chi connectivity index (χ4n) is 4.39. The minimum Gasteiger partial charge on any atom is -0.468 e. The number of aromatic nitrogens is 5. The van der Waals surface area contributed by atoms with Crippen molar-refractivity contribution in [1.82, 2.24) is 24.7 Å². The van der Waals surface area contributed by atoms with Gasteiger partial charge in [0.1, 0.15) is 17.6 Å². The first-order valence-corrected chi connectivity index (χ1v) is 11.7. The molecule has 12 heteroatoms. The molecule has 1 N–H and O–H groups in total. The molecule has 0 bridgehead atoms. The van der Waals surface area contributed by atoms with Crippen molar-refractivity contribution in [3.8, 4) is 5.88 Å². The molecule has 190 valence electrons. The summed E-state index contributed by atoms with van der Waals surface area (Å²) in [6, 6.07) is 2.89. The predicted octanol–water partition coefficient (Wildman–Crippen LogP) is 3.32. The second-order valence-electron chi connectivity index (χ2n) is 9.26. The molecule has 1 aliphatic heterocycles. The number of rotatable bonds is 8. The molecule has 36 heavy (non-hydrogen) atoms. The van der Waals surface area contributed by atoms with Gasteiger partial charge >= 0.3 is 6.18 Å². The highest BCUT2D eigenvalue weighted by molar-refractivity contribution is 6.03. The van der Waals surface area contributed by atoms with E-state index in [2.05, 4.69) is 25.1 Å². The lowest BCUT2D eigenvalue weighted by Gasteiger charge is -2.35. The van der Waals surface area contributed by atoms with Gasteiger partial charge in [-0.15, -0.1) is 0 Å².